The number of piperidine rings is 2. The number of fused-ring (bicyclic) bond motifs is 1. The van der Waals surface area contributed by atoms with Crippen molar-refractivity contribution in [2.45, 2.75) is 83.0 Å². The van der Waals surface area contributed by atoms with Crippen LogP contribution in [0.2, 0.25) is 5.02 Å². The highest BCUT2D eigenvalue weighted by Gasteiger charge is 2.45. The Morgan fingerprint density at radius 3 is 2.43 bits per heavy atom. The highest BCUT2D eigenvalue weighted by Crippen LogP contribution is 2.35. The smallest absolute Gasteiger partial charge is 0.263 e. The lowest BCUT2D eigenvalue weighted by Crippen LogP contribution is -2.54. The van der Waals surface area contributed by atoms with Gasteiger partial charge in [-0.15, -0.1) is 0 Å². The van der Waals surface area contributed by atoms with Crippen molar-refractivity contribution in [3.8, 4) is 23.7 Å². The second-order valence-corrected chi connectivity index (χ2v) is 16.7. The Hall–Kier alpha value is -6.12. The summed E-state index contributed by atoms with van der Waals surface area (Å²) < 4.78 is 6.05. The van der Waals surface area contributed by atoms with E-state index >= 15 is 0 Å². The van der Waals surface area contributed by atoms with Gasteiger partial charge < -0.3 is 15.4 Å². The number of hydrogen-bond acceptors (Lipinski definition) is 11. The van der Waals surface area contributed by atoms with E-state index in [9.17, 15) is 24.4 Å². The number of amides is 4. The minimum atomic E-state index is -1.03. The quantitative estimate of drug-likeness (QED) is 0.0923. The van der Waals surface area contributed by atoms with Crippen molar-refractivity contribution in [2.75, 3.05) is 31.5 Å². The van der Waals surface area contributed by atoms with Crippen LogP contribution in [-0.2, 0) is 21.6 Å². The normalized spacial score (nSPS) is 17.4. The van der Waals surface area contributed by atoms with Gasteiger partial charge in [0, 0.05) is 60.8 Å². The van der Waals surface area contributed by atoms with Gasteiger partial charge in [0.25, 0.3) is 11.8 Å². The molecule has 3 aliphatic rings. The molecular weight excluding hydrogens is 780 g/mol. The fourth-order valence-electron chi connectivity index (χ4n) is 7.88. The van der Waals surface area contributed by atoms with Gasteiger partial charge in [-0.1, -0.05) is 55.5 Å². The number of nitrogens with one attached hydrogen (secondary N) is 3. The molecule has 3 aromatic carbocycles. The lowest BCUT2D eigenvalue weighted by molar-refractivity contribution is -0.136. The van der Waals surface area contributed by atoms with Gasteiger partial charge in [0.15, 0.2) is 0 Å². The average molecular weight is 827 g/mol. The van der Waals surface area contributed by atoms with Crippen molar-refractivity contribution in [3.05, 3.63) is 117 Å². The molecule has 3 aliphatic heterocycles. The number of aromatic nitrogens is 2. The highest BCUT2D eigenvalue weighted by molar-refractivity contribution is 6.30. The predicted octanol–water partition coefficient (Wildman–Crippen LogP) is 5.60. The van der Waals surface area contributed by atoms with Crippen LogP contribution in [0.25, 0.3) is 0 Å². The minimum absolute atomic E-state index is 0.0625. The highest BCUT2D eigenvalue weighted by atomic mass is 35.5. The first-order valence-electron chi connectivity index (χ1n) is 20.1. The third kappa shape index (κ3) is 9.19. The fourth-order valence-corrected chi connectivity index (χ4v) is 8.12. The van der Waals surface area contributed by atoms with Crippen molar-refractivity contribution < 1.29 is 23.9 Å². The topological polar surface area (TPSA) is 170 Å². The van der Waals surface area contributed by atoms with Crippen LogP contribution in [0.4, 0.5) is 5.95 Å². The molecule has 2 fully saturated rings. The zero-order chi connectivity index (χ0) is 42.6. The number of benzene rings is 3. The number of rotatable bonds is 12. The number of nitrogens with zero attached hydrogens (tertiary/aromatic N) is 5. The van der Waals surface area contributed by atoms with Gasteiger partial charge in [-0.3, -0.25) is 34.3 Å². The Morgan fingerprint density at radius 2 is 1.70 bits per heavy atom. The number of likely N-dealkylation sites (tertiary alicyclic amines) is 1. The number of ether oxygens (including phenoxy) is 1. The van der Waals surface area contributed by atoms with Crippen LogP contribution in [0.3, 0.4) is 0 Å². The first-order valence-corrected chi connectivity index (χ1v) is 20.5. The van der Waals surface area contributed by atoms with E-state index in [4.69, 9.17) is 16.3 Å². The largest absolute Gasteiger partial charge is 0.487 e. The summed E-state index contributed by atoms with van der Waals surface area (Å²) >= 11 is 6.28. The third-order valence-electron chi connectivity index (χ3n) is 11.5. The molecule has 1 aromatic heterocycles. The number of nitriles is 1. The predicted molar refractivity (Wildman–Crippen MR) is 226 cm³/mol. The summed E-state index contributed by atoms with van der Waals surface area (Å²) in [5.41, 5.74) is 3.30. The summed E-state index contributed by atoms with van der Waals surface area (Å²) in [5.74, 6) is 5.61. The molecule has 3 N–H and O–H groups in total. The first kappa shape index (κ1) is 42.0. The van der Waals surface area contributed by atoms with Crippen molar-refractivity contribution in [2.24, 2.45) is 0 Å². The SMILES string of the molecule is CC(C)(c1ccc(OCc2ccnc(NCCNC3CCN(C(C)(C)C#Cc4cccc5c4C(=O)N(C4CCC(=O)NC4=O)C5=O)CC3)n2)cc1)c1cc(Cl)cc(C#N)c1. The molecule has 14 heteroatoms. The molecule has 1 atom stereocenters. The van der Waals surface area contributed by atoms with Gasteiger partial charge >= 0.3 is 0 Å². The van der Waals surface area contributed by atoms with Crippen molar-refractivity contribution in [3.63, 3.8) is 0 Å². The number of carbonyl (C=O) groups excluding carboxylic acids is 4. The summed E-state index contributed by atoms with van der Waals surface area (Å²) in [5, 5.41) is 19.1. The molecule has 0 radical (unpaired) electrons. The van der Waals surface area contributed by atoms with Gasteiger partial charge in [-0.2, -0.15) is 5.26 Å². The molecule has 4 heterocycles. The molecule has 2 saturated heterocycles. The molecule has 308 valence electrons. The monoisotopic (exact) mass is 826 g/mol. The summed E-state index contributed by atoms with van der Waals surface area (Å²) in [4.78, 5) is 63.2. The Morgan fingerprint density at radius 1 is 0.933 bits per heavy atom. The second-order valence-electron chi connectivity index (χ2n) is 16.3. The number of carbonyl (C=O) groups is 4. The molecule has 7 rings (SSSR count). The average Bonchev–Trinajstić information content (AvgIpc) is 3.49. The van der Waals surface area contributed by atoms with Gasteiger partial charge in [0.2, 0.25) is 17.8 Å². The zero-order valence-electron chi connectivity index (χ0n) is 34.1. The van der Waals surface area contributed by atoms with E-state index < -0.39 is 35.2 Å². The van der Waals surface area contributed by atoms with E-state index in [1.54, 1.807) is 30.5 Å². The van der Waals surface area contributed by atoms with E-state index in [0.29, 0.717) is 40.4 Å². The van der Waals surface area contributed by atoms with Crippen LogP contribution in [0, 0.1) is 23.2 Å². The Kier molecular flexibility index (Phi) is 12.3. The number of anilines is 1. The van der Waals surface area contributed by atoms with Gasteiger partial charge in [-0.25, -0.2) is 9.97 Å². The van der Waals surface area contributed by atoms with Crippen LogP contribution < -0.4 is 20.7 Å². The Bertz CT molecular complexity index is 2430. The minimum Gasteiger partial charge on any atom is -0.487 e. The van der Waals surface area contributed by atoms with E-state index in [-0.39, 0.29) is 36.0 Å². The maximum absolute atomic E-state index is 13.5. The molecule has 0 aliphatic carbocycles. The molecule has 60 heavy (non-hydrogen) atoms. The van der Waals surface area contributed by atoms with Gasteiger partial charge in [0.1, 0.15) is 18.4 Å². The van der Waals surface area contributed by atoms with Gasteiger partial charge in [0.05, 0.1) is 34.0 Å². The molecule has 4 aromatic rings. The summed E-state index contributed by atoms with van der Waals surface area (Å²) in [6, 6.07) is 21.7. The summed E-state index contributed by atoms with van der Waals surface area (Å²) in [6.45, 7) is 11.6. The number of imide groups is 2. The Balaban J connectivity index is 0.856. The lowest BCUT2D eigenvalue weighted by Gasteiger charge is -2.40. The van der Waals surface area contributed by atoms with Crippen molar-refractivity contribution in [1.82, 2.24) is 30.4 Å². The van der Waals surface area contributed by atoms with Crippen LogP contribution in [0.5, 0.6) is 5.75 Å². The van der Waals surface area contributed by atoms with E-state index in [1.807, 2.05) is 42.5 Å². The maximum Gasteiger partial charge on any atom is 0.263 e. The molecule has 4 amide bonds. The molecule has 0 spiro atoms. The second kappa shape index (κ2) is 17.6. The van der Waals surface area contributed by atoms with Crippen molar-refractivity contribution >= 4 is 41.2 Å². The standard InChI is InChI=1S/C46H47ClN8O5/c1-45(2,18-14-30-6-5-7-37-40(30)43(59)55(42(37)58)38-12-13-39(56)53-41(38)57)54-22-16-34(17-23-54)49-20-21-51-44-50-19-15-35(52-44)28-60-36-10-8-31(9-11-36)46(3,4)32-24-29(27-48)25-33(47)26-32/h5-11,15,19,24-26,34,38,49H,12-13,16-17,20-23,28H2,1-4H3,(H,50,51,52)(H,53,56,57). The number of halogens is 1. The summed E-state index contributed by atoms with van der Waals surface area (Å²) in [6.07, 6.45) is 3.75. The molecule has 1 unspecified atom stereocenters. The van der Waals surface area contributed by atoms with Crippen LogP contribution in [0.15, 0.2) is 72.9 Å². The van der Waals surface area contributed by atoms with Gasteiger partial charge in [-0.05, 0) is 92.8 Å². The third-order valence-corrected chi connectivity index (χ3v) is 11.7. The zero-order valence-corrected chi connectivity index (χ0v) is 34.9. The molecular formula is C46H47ClN8O5. The lowest BCUT2D eigenvalue weighted by atomic mass is 9.78. The molecule has 13 nitrogen and oxygen atoms in total. The fraction of sp³-hybridized carbons (Fsp3) is 0.370. The van der Waals surface area contributed by atoms with E-state index in [0.717, 1.165) is 54.2 Å². The number of hydrogen-bond donors (Lipinski definition) is 3. The maximum atomic E-state index is 13.5. The van der Waals surface area contributed by atoms with Crippen LogP contribution in [-0.4, -0.2) is 87.2 Å². The van der Waals surface area contributed by atoms with E-state index in [1.165, 1.54) is 0 Å². The first-order chi connectivity index (χ1) is 28.7. The van der Waals surface area contributed by atoms with E-state index in [2.05, 4.69) is 76.4 Å². The molecule has 0 bridgehead atoms. The van der Waals surface area contributed by atoms with Crippen LogP contribution >= 0.6 is 11.6 Å². The van der Waals surface area contributed by atoms with Crippen molar-refractivity contribution in [1.29, 1.82) is 5.26 Å². The summed E-state index contributed by atoms with van der Waals surface area (Å²) in [7, 11) is 0. The Labute approximate surface area is 354 Å². The molecule has 0 saturated carbocycles. The van der Waals surface area contributed by atoms with Crippen LogP contribution in [0.1, 0.15) is 102 Å².